The van der Waals surface area contributed by atoms with Crippen LogP contribution in [0.25, 0.3) is 10.9 Å². The highest BCUT2D eigenvalue weighted by Gasteiger charge is 2.36. The molecule has 2 heterocycles. The van der Waals surface area contributed by atoms with Crippen LogP contribution < -0.4 is 5.32 Å². The van der Waals surface area contributed by atoms with Gasteiger partial charge < -0.3 is 9.72 Å². The summed E-state index contributed by atoms with van der Waals surface area (Å²) in [6.45, 7) is 4.07. The van der Waals surface area contributed by atoms with Gasteiger partial charge in [0.1, 0.15) is 0 Å². The van der Waals surface area contributed by atoms with Crippen molar-refractivity contribution in [1.29, 1.82) is 0 Å². The molecule has 0 saturated carbocycles. The number of nitrogens with one attached hydrogen (secondary N) is 2. The van der Waals surface area contributed by atoms with Crippen molar-refractivity contribution in [3.05, 3.63) is 35.5 Å². The molecule has 20 heavy (non-hydrogen) atoms. The number of nitrogens with zero attached hydrogens (tertiary/aromatic N) is 1. The summed E-state index contributed by atoms with van der Waals surface area (Å²) < 4.78 is 5.57. The lowest BCUT2D eigenvalue weighted by molar-refractivity contribution is -0.124. The van der Waals surface area contributed by atoms with Crippen molar-refractivity contribution in [2.24, 2.45) is 4.99 Å². The molecular formula is C15H17N3O2. The third kappa shape index (κ3) is 1.86. The summed E-state index contributed by atoms with van der Waals surface area (Å²) in [5, 5.41) is 3.80. The predicted octanol–water partition coefficient (Wildman–Crippen LogP) is 2.08. The average Bonchev–Trinajstić information content (AvgIpc) is 3.02. The zero-order chi connectivity index (χ0) is 14.3. The maximum atomic E-state index is 12.0. The van der Waals surface area contributed by atoms with Crippen LogP contribution in [0.2, 0.25) is 0 Å². The summed E-state index contributed by atoms with van der Waals surface area (Å²) >= 11 is 0. The third-order valence-corrected chi connectivity index (χ3v) is 3.82. The van der Waals surface area contributed by atoms with Gasteiger partial charge in [0, 0.05) is 30.1 Å². The molecule has 1 amide bonds. The fraction of sp³-hybridized carbons (Fsp3) is 0.333. The number of amidine groups is 1. The first-order chi connectivity index (χ1) is 9.61. The second kappa shape index (κ2) is 4.67. The lowest BCUT2D eigenvalue weighted by Gasteiger charge is -2.16. The Morgan fingerprint density at radius 1 is 1.40 bits per heavy atom. The summed E-state index contributed by atoms with van der Waals surface area (Å²) in [5.74, 6) is -0.190. The number of rotatable bonds is 2. The summed E-state index contributed by atoms with van der Waals surface area (Å²) in [6.07, 6.45) is 1.42. The van der Waals surface area contributed by atoms with E-state index in [1.807, 2.05) is 25.3 Å². The van der Waals surface area contributed by atoms with Gasteiger partial charge in [-0.15, -0.1) is 0 Å². The Balaban J connectivity index is 2.01. The van der Waals surface area contributed by atoms with Gasteiger partial charge in [-0.3, -0.25) is 10.1 Å². The van der Waals surface area contributed by atoms with Crippen molar-refractivity contribution in [2.45, 2.75) is 25.9 Å². The maximum Gasteiger partial charge on any atom is 0.292 e. The second-order valence-electron chi connectivity index (χ2n) is 5.09. The van der Waals surface area contributed by atoms with Gasteiger partial charge in [0.2, 0.25) is 0 Å². The second-order valence-corrected chi connectivity index (χ2v) is 5.09. The van der Waals surface area contributed by atoms with E-state index in [9.17, 15) is 4.79 Å². The summed E-state index contributed by atoms with van der Waals surface area (Å²) in [7, 11) is 1.60. The number of aliphatic imine (C=N–C) groups is 1. The SMILES string of the molecule is CN=C1NC(=O)C(C(C)c2c[nH]c3cccc(C)c23)O1. The average molecular weight is 271 g/mol. The monoisotopic (exact) mass is 271 g/mol. The predicted molar refractivity (Wildman–Crippen MR) is 77.8 cm³/mol. The van der Waals surface area contributed by atoms with Crippen LogP contribution in [0.3, 0.4) is 0 Å². The number of aromatic nitrogens is 1. The third-order valence-electron chi connectivity index (χ3n) is 3.82. The molecule has 1 saturated heterocycles. The molecule has 0 aliphatic carbocycles. The summed E-state index contributed by atoms with van der Waals surface area (Å²) in [6, 6.07) is 6.42. The van der Waals surface area contributed by atoms with Crippen molar-refractivity contribution >= 4 is 22.8 Å². The molecule has 0 spiro atoms. The number of H-pyrrole nitrogens is 1. The number of carbonyl (C=O) groups excluding carboxylic acids is 1. The van der Waals surface area contributed by atoms with Gasteiger partial charge in [0.25, 0.3) is 11.9 Å². The topological polar surface area (TPSA) is 66.5 Å². The molecular weight excluding hydrogens is 254 g/mol. The molecule has 1 aliphatic heterocycles. The number of fused-ring (bicyclic) bond motifs is 1. The highest BCUT2D eigenvalue weighted by atomic mass is 16.5. The van der Waals surface area contributed by atoms with Crippen LogP contribution in [0.1, 0.15) is 24.0 Å². The zero-order valence-electron chi connectivity index (χ0n) is 11.7. The molecule has 2 unspecified atom stereocenters. The van der Waals surface area contributed by atoms with E-state index in [-0.39, 0.29) is 11.8 Å². The Kier molecular flexibility index (Phi) is 2.97. The van der Waals surface area contributed by atoms with Crippen molar-refractivity contribution in [3.63, 3.8) is 0 Å². The Hall–Kier alpha value is -2.30. The van der Waals surface area contributed by atoms with Gasteiger partial charge in [-0.05, 0) is 24.1 Å². The van der Waals surface area contributed by atoms with Gasteiger partial charge >= 0.3 is 0 Å². The molecule has 2 atom stereocenters. The number of hydrogen-bond acceptors (Lipinski definition) is 3. The summed E-state index contributed by atoms with van der Waals surface area (Å²) in [5.41, 5.74) is 3.36. The van der Waals surface area contributed by atoms with Crippen LogP contribution in [0.4, 0.5) is 0 Å². The Morgan fingerprint density at radius 3 is 2.90 bits per heavy atom. The van der Waals surface area contributed by atoms with Gasteiger partial charge in [-0.2, -0.15) is 0 Å². The molecule has 2 aromatic rings. The van der Waals surface area contributed by atoms with Crippen molar-refractivity contribution < 1.29 is 9.53 Å². The number of aryl methyl sites for hydroxylation is 1. The molecule has 2 N–H and O–H groups in total. The van der Waals surface area contributed by atoms with E-state index in [0.29, 0.717) is 6.02 Å². The van der Waals surface area contributed by atoms with Gasteiger partial charge in [0.05, 0.1) is 0 Å². The van der Waals surface area contributed by atoms with Crippen molar-refractivity contribution in [2.75, 3.05) is 7.05 Å². The number of ether oxygens (including phenoxy) is 1. The molecule has 1 fully saturated rings. The molecule has 0 radical (unpaired) electrons. The van der Waals surface area contributed by atoms with E-state index in [1.54, 1.807) is 7.05 Å². The molecule has 3 rings (SSSR count). The largest absolute Gasteiger partial charge is 0.451 e. The van der Waals surface area contributed by atoms with Gasteiger partial charge in [0.15, 0.2) is 6.10 Å². The first kappa shape index (κ1) is 12.7. The van der Waals surface area contributed by atoms with Gasteiger partial charge in [-0.1, -0.05) is 19.1 Å². The minimum absolute atomic E-state index is 0.0518. The smallest absolute Gasteiger partial charge is 0.292 e. The zero-order valence-corrected chi connectivity index (χ0v) is 11.7. The van der Waals surface area contributed by atoms with Crippen LogP contribution in [-0.4, -0.2) is 30.1 Å². The van der Waals surface area contributed by atoms with Crippen LogP contribution in [0.5, 0.6) is 0 Å². The van der Waals surface area contributed by atoms with E-state index in [0.717, 1.165) is 11.1 Å². The van der Waals surface area contributed by atoms with Gasteiger partial charge in [-0.25, -0.2) is 4.99 Å². The standard InChI is InChI=1S/C15H17N3O2/c1-8-5-4-6-11-12(8)10(7-17-11)9(2)13-14(19)18-15(16-3)20-13/h4-7,9,13,17H,1-3H3,(H,16,18,19). The minimum Gasteiger partial charge on any atom is -0.451 e. The van der Waals surface area contributed by atoms with Crippen LogP contribution in [0.15, 0.2) is 29.4 Å². The number of aromatic amines is 1. The molecule has 5 nitrogen and oxygen atoms in total. The lowest BCUT2D eigenvalue weighted by atomic mass is 9.93. The van der Waals surface area contributed by atoms with E-state index in [1.165, 1.54) is 10.9 Å². The van der Waals surface area contributed by atoms with Crippen LogP contribution >= 0.6 is 0 Å². The maximum absolute atomic E-state index is 12.0. The van der Waals surface area contributed by atoms with Crippen molar-refractivity contribution in [1.82, 2.24) is 10.3 Å². The molecule has 1 aliphatic rings. The minimum atomic E-state index is -0.535. The molecule has 5 heteroatoms. The fourth-order valence-electron chi connectivity index (χ4n) is 2.74. The highest BCUT2D eigenvalue weighted by molar-refractivity contribution is 6.03. The Morgan fingerprint density at radius 2 is 2.20 bits per heavy atom. The number of hydrogen-bond donors (Lipinski definition) is 2. The molecule has 104 valence electrons. The van der Waals surface area contributed by atoms with Crippen LogP contribution in [-0.2, 0) is 9.53 Å². The normalized spacial score (nSPS) is 22.1. The quantitative estimate of drug-likeness (QED) is 0.878. The molecule has 1 aromatic carbocycles. The summed E-state index contributed by atoms with van der Waals surface area (Å²) in [4.78, 5) is 19.1. The van der Waals surface area contributed by atoms with E-state index < -0.39 is 6.10 Å². The fourth-order valence-corrected chi connectivity index (χ4v) is 2.74. The van der Waals surface area contributed by atoms with E-state index in [4.69, 9.17) is 4.74 Å². The first-order valence-electron chi connectivity index (χ1n) is 6.62. The number of benzene rings is 1. The Labute approximate surface area is 117 Å². The highest BCUT2D eigenvalue weighted by Crippen LogP contribution is 2.32. The van der Waals surface area contributed by atoms with E-state index >= 15 is 0 Å². The lowest BCUT2D eigenvalue weighted by Crippen LogP contribution is -2.28. The van der Waals surface area contributed by atoms with Crippen LogP contribution in [0, 0.1) is 6.92 Å². The number of carbonyl (C=O) groups is 1. The first-order valence-corrected chi connectivity index (χ1v) is 6.62. The molecule has 0 bridgehead atoms. The van der Waals surface area contributed by atoms with Crippen molar-refractivity contribution in [3.8, 4) is 0 Å². The Bertz CT molecular complexity index is 702. The number of amides is 1. The molecule has 1 aromatic heterocycles. The van der Waals surface area contributed by atoms with E-state index in [2.05, 4.69) is 28.3 Å².